The molecule has 8 nitrogen and oxygen atoms in total. The lowest BCUT2D eigenvalue weighted by Crippen LogP contribution is -2.36. The van der Waals surface area contributed by atoms with Gasteiger partial charge in [0.1, 0.15) is 0 Å². The van der Waals surface area contributed by atoms with Gasteiger partial charge in [-0.25, -0.2) is 4.68 Å². The maximum atomic E-state index is 13.6. The summed E-state index contributed by atoms with van der Waals surface area (Å²) in [6.07, 6.45) is 3.65. The molecule has 1 N–H and O–H groups in total. The molecule has 2 aromatic carbocycles. The molecular weight excluding hydrogens is 464 g/mol. The van der Waals surface area contributed by atoms with Crippen molar-refractivity contribution in [3.63, 3.8) is 0 Å². The van der Waals surface area contributed by atoms with Gasteiger partial charge in [0.25, 0.3) is 5.91 Å². The summed E-state index contributed by atoms with van der Waals surface area (Å²) in [5.41, 5.74) is 7.05. The Balaban J connectivity index is 1.49. The SMILES string of the molecule is Cc1cccc(CC(=O)Nc2cnn(-c3cccc(C(=O)N(Cc4c(C)nn(C)c4C)C(C)C)c3)c2)c1. The lowest BCUT2D eigenvalue weighted by Gasteiger charge is -2.27. The highest BCUT2D eigenvalue weighted by molar-refractivity contribution is 5.95. The first-order valence-electron chi connectivity index (χ1n) is 12.4. The van der Waals surface area contributed by atoms with Crippen molar-refractivity contribution < 1.29 is 9.59 Å². The van der Waals surface area contributed by atoms with Crippen LogP contribution in [-0.4, -0.2) is 42.3 Å². The van der Waals surface area contributed by atoms with Crippen molar-refractivity contribution in [2.24, 2.45) is 7.05 Å². The molecule has 8 heteroatoms. The second kappa shape index (κ2) is 10.8. The Morgan fingerprint density at radius 3 is 2.49 bits per heavy atom. The van der Waals surface area contributed by atoms with E-state index in [0.717, 1.165) is 33.8 Å². The van der Waals surface area contributed by atoms with Gasteiger partial charge in [-0.3, -0.25) is 14.3 Å². The van der Waals surface area contributed by atoms with Gasteiger partial charge in [0.15, 0.2) is 0 Å². The number of hydrogen-bond donors (Lipinski definition) is 1. The molecule has 2 aromatic heterocycles. The van der Waals surface area contributed by atoms with Gasteiger partial charge in [0.2, 0.25) is 5.91 Å². The number of aryl methyl sites for hydroxylation is 3. The molecule has 0 saturated heterocycles. The van der Waals surface area contributed by atoms with E-state index in [1.807, 2.05) is 99.8 Å². The second-order valence-electron chi connectivity index (χ2n) is 9.74. The molecule has 0 spiro atoms. The molecule has 2 amide bonds. The third-order valence-electron chi connectivity index (χ3n) is 6.54. The zero-order chi connectivity index (χ0) is 26.7. The number of rotatable bonds is 8. The Morgan fingerprint density at radius 1 is 1.05 bits per heavy atom. The number of anilines is 1. The quantitative estimate of drug-likeness (QED) is 0.379. The van der Waals surface area contributed by atoms with Gasteiger partial charge in [0, 0.05) is 36.5 Å². The van der Waals surface area contributed by atoms with Crippen LogP contribution < -0.4 is 5.32 Å². The van der Waals surface area contributed by atoms with Crippen LogP contribution >= 0.6 is 0 Å². The van der Waals surface area contributed by atoms with Gasteiger partial charge in [-0.05, 0) is 58.4 Å². The molecule has 0 fully saturated rings. The summed E-state index contributed by atoms with van der Waals surface area (Å²) in [6, 6.07) is 15.3. The largest absolute Gasteiger partial charge is 0.332 e. The van der Waals surface area contributed by atoms with Gasteiger partial charge >= 0.3 is 0 Å². The van der Waals surface area contributed by atoms with E-state index in [9.17, 15) is 9.59 Å². The van der Waals surface area contributed by atoms with Crippen molar-refractivity contribution >= 4 is 17.5 Å². The monoisotopic (exact) mass is 498 g/mol. The van der Waals surface area contributed by atoms with E-state index in [4.69, 9.17) is 0 Å². The van der Waals surface area contributed by atoms with E-state index in [0.29, 0.717) is 17.8 Å². The first kappa shape index (κ1) is 25.9. The number of hydrogen-bond acceptors (Lipinski definition) is 4. The number of aromatic nitrogens is 4. The van der Waals surface area contributed by atoms with Crippen LogP contribution in [0.1, 0.15) is 52.3 Å². The van der Waals surface area contributed by atoms with Gasteiger partial charge in [-0.15, -0.1) is 0 Å². The number of benzene rings is 2. The maximum Gasteiger partial charge on any atom is 0.254 e. The van der Waals surface area contributed by atoms with Gasteiger partial charge < -0.3 is 10.2 Å². The smallest absolute Gasteiger partial charge is 0.254 e. The number of carbonyl (C=O) groups excluding carboxylic acids is 2. The van der Waals surface area contributed by atoms with E-state index < -0.39 is 0 Å². The van der Waals surface area contributed by atoms with Crippen molar-refractivity contribution in [1.82, 2.24) is 24.5 Å². The van der Waals surface area contributed by atoms with Crippen LogP contribution in [0.4, 0.5) is 5.69 Å². The van der Waals surface area contributed by atoms with E-state index in [2.05, 4.69) is 15.5 Å². The summed E-state index contributed by atoms with van der Waals surface area (Å²) in [5.74, 6) is -0.166. The van der Waals surface area contributed by atoms with Gasteiger partial charge in [0.05, 0.1) is 35.9 Å². The Labute approximate surface area is 217 Å². The third-order valence-corrected chi connectivity index (χ3v) is 6.54. The Bertz CT molecular complexity index is 1430. The average Bonchev–Trinajstić information content (AvgIpc) is 3.40. The summed E-state index contributed by atoms with van der Waals surface area (Å²) >= 11 is 0. The average molecular weight is 499 g/mol. The number of nitrogens with one attached hydrogen (secondary N) is 1. The van der Waals surface area contributed by atoms with Crippen molar-refractivity contribution in [3.05, 3.63) is 94.6 Å². The minimum absolute atomic E-state index is 0.00934. The zero-order valence-corrected chi connectivity index (χ0v) is 22.3. The maximum absolute atomic E-state index is 13.6. The second-order valence-corrected chi connectivity index (χ2v) is 9.74. The molecule has 0 unspecified atom stereocenters. The topological polar surface area (TPSA) is 85.1 Å². The number of nitrogens with zero attached hydrogens (tertiary/aromatic N) is 5. The molecule has 0 atom stereocenters. The fraction of sp³-hybridized carbons (Fsp3) is 0.310. The van der Waals surface area contributed by atoms with Gasteiger partial charge in [-0.2, -0.15) is 10.2 Å². The van der Waals surface area contributed by atoms with Crippen molar-refractivity contribution in [2.75, 3.05) is 5.32 Å². The highest BCUT2D eigenvalue weighted by Gasteiger charge is 2.23. The fourth-order valence-corrected chi connectivity index (χ4v) is 4.39. The molecule has 4 rings (SSSR count). The molecule has 2 heterocycles. The van der Waals surface area contributed by atoms with E-state index in [1.165, 1.54) is 0 Å². The molecule has 0 bridgehead atoms. The molecule has 0 aliphatic carbocycles. The van der Waals surface area contributed by atoms with Crippen LogP contribution in [0.5, 0.6) is 0 Å². The molecular formula is C29H34N6O2. The van der Waals surface area contributed by atoms with Crippen molar-refractivity contribution in [2.45, 2.75) is 53.6 Å². The normalized spacial score (nSPS) is 11.1. The molecule has 0 saturated carbocycles. The third kappa shape index (κ3) is 5.97. The Kier molecular flexibility index (Phi) is 7.57. The number of carbonyl (C=O) groups is 2. The van der Waals surface area contributed by atoms with E-state index >= 15 is 0 Å². The highest BCUT2D eigenvalue weighted by atomic mass is 16.2. The van der Waals surface area contributed by atoms with Crippen molar-refractivity contribution in [3.8, 4) is 5.69 Å². The van der Waals surface area contributed by atoms with Crippen LogP contribution in [0, 0.1) is 20.8 Å². The molecule has 0 aliphatic rings. The number of amides is 2. The lowest BCUT2D eigenvalue weighted by atomic mass is 10.1. The zero-order valence-electron chi connectivity index (χ0n) is 22.3. The minimum Gasteiger partial charge on any atom is -0.332 e. The van der Waals surface area contributed by atoms with E-state index in [-0.39, 0.29) is 24.3 Å². The molecule has 4 aromatic rings. The first-order chi connectivity index (χ1) is 17.6. The summed E-state index contributed by atoms with van der Waals surface area (Å²) in [4.78, 5) is 27.9. The van der Waals surface area contributed by atoms with Crippen LogP contribution in [0.15, 0.2) is 60.9 Å². The summed E-state index contributed by atoms with van der Waals surface area (Å²) in [6.45, 7) is 10.5. The van der Waals surface area contributed by atoms with Crippen LogP contribution in [0.2, 0.25) is 0 Å². The Morgan fingerprint density at radius 2 is 1.81 bits per heavy atom. The predicted octanol–water partition coefficient (Wildman–Crippen LogP) is 4.76. The first-order valence-corrected chi connectivity index (χ1v) is 12.4. The molecule has 0 radical (unpaired) electrons. The Hall–Kier alpha value is -4.20. The van der Waals surface area contributed by atoms with Crippen molar-refractivity contribution in [1.29, 1.82) is 0 Å². The van der Waals surface area contributed by atoms with E-state index in [1.54, 1.807) is 17.1 Å². The lowest BCUT2D eigenvalue weighted by molar-refractivity contribution is -0.115. The minimum atomic E-state index is -0.109. The summed E-state index contributed by atoms with van der Waals surface area (Å²) in [7, 11) is 1.92. The van der Waals surface area contributed by atoms with Crippen LogP contribution in [0.25, 0.3) is 5.69 Å². The van der Waals surface area contributed by atoms with Crippen LogP contribution in [-0.2, 0) is 24.8 Å². The highest BCUT2D eigenvalue weighted by Crippen LogP contribution is 2.20. The summed E-state index contributed by atoms with van der Waals surface area (Å²) in [5, 5.41) is 11.8. The molecule has 192 valence electrons. The fourth-order valence-electron chi connectivity index (χ4n) is 4.39. The predicted molar refractivity (Wildman–Crippen MR) is 145 cm³/mol. The molecule has 0 aliphatic heterocycles. The van der Waals surface area contributed by atoms with Gasteiger partial charge in [-0.1, -0.05) is 35.9 Å². The summed E-state index contributed by atoms with van der Waals surface area (Å²) < 4.78 is 3.51. The van der Waals surface area contributed by atoms with Crippen LogP contribution in [0.3, 0.4) is 0 Å². The standard InChI is InChI=1S/C29H34N6O2/c1-19(2)34(18-27-21(4)32-33(6)22(27)5)29(37)24-11-8-12-26(15-24)35-17-25(16-30-35)31-28(36)14-23-10-7-9-20(3)13-23/h7-13,15-17,19H,14,18H2,1-6H3,(H,31,36). The molecule has 37 heavy (non-hydrogen) atoms.